The van der Waals surface area contributed by atoms with Crippen LogP contribution in [0.3, 0.4) is 0 Å². The SMILES string of the molecule is CC(C)(C)CC(=O)N1CCO[C@](Cc2cccc(-c3cccnc3)c2)(C(=O)NC2CC2)C1. The van der Waals surface area contributed by atoms with Gasteiger partial charge in [0.25, 0.3) is 5.91 Å². The van der Waals surface area contributed by atoms with Gasteiger partial charge in [0, 0.05) is 37.8 Å². The van der Waals surface area contributed by atoms with E-state index in [-0.39, 0.29) is 29.8 Å². The van der Waals surface area contributed by atoms with Gasteiger partial charge in [0.1, 0.15) is 0 Å². The smallest absolute Gasteiger partial charge is 0.254 e. The molecule has 0 radical (unpaired) electrons. The molecule has 1 atom stereocenters. The van der Waals surface area contributed by atoms with Gasteiger partial charge in [-0.15, -0.1) is 0 Å². The van der Waals surface area contributed by atoms with E-state index < -0.39 is 5.60 Å². The summed E-state index contributed by atoms with van der Waals surface area (Å²) in [6, 6.07) is 12.3. The van der Waals surface area contributed by atoms with Crippen molar-refractivity contribution < 1.29 is 14.3 Å². The van der Waals surface area contributed by atoms with E-state index in [1.807, 2.05) is 41.4 Å². The number of carbonyl (C=O) groups excluding carboxylic acids is 2. The van der Waals surface area contributed by atoms with Crippen LogP contribution in [0.4, 0.5) is 0 Å². The number of rotatable bonds is 6. The van der Waals surface area contributed by atoms with Gasteiger partial charge in [-0.2, -0.15) is 0 Å². The number of aromatic nitrogens is 1. The fourth-order valence-electron chi connectivity index (χ4n) is 4.16. The summed E-state index contributed by atoms with van der Waals surface area (Å²) in [7, 11) is 0. The summed E-state index contributed by atoms with van der Waals surface area (Å²) in [5.41, 5.74) is 1.89. The van der Waals surface area contributed by atoms with Crippen molar-refractivity contribution in [2.24, 2.45) is 5.41 Å². The number of amides is 2. The number of nitrogens with one attached hydrogen (secondary N) is 1. The van der Waals surface area contributed by atoms with Crippen LogP contribution >= 0.6 is 0 Å². The Hall–Kier alpha value is -2.73. The molecule has 6 heteroatoms. The average molecular weight is 436 g/mol. The van der Waals surface area contributed by atoms with Gasteiger partial charge in [-0.05, 0) is 41.0 Å². The minimum Gasteiger partial charge on any atom is -0.361 e. The van der Waals surface area contributed by atoms with Crippen molar-refractivity contribution in [3.05, 3.63) is 54.4 Å². The van der Waals surface area contributed by atoms with Crippen molar-refractivity contribution in [2.75, 3.05) is 19.7 Å². The lowest BCUT2D eigenvalue weighted by molar-refractivity contribution is -0.166. The van der Waals surface area contributed by atoms with Crippen molar-refractivity contribution in [3.63, 3.8) is 0 Å². The van der Waals surface area contributed by atoms with Gasteiger partial charge in [-0.3, -0.25) is 14.6 Å². The third-order valence-corrected chi connectivity index (χ3v) is 5.96. The molecular weight excluding hydrogens is 402 g/mol. The number of benzene rings is 1. The molecule has 2 aliphatic rings. The zero-order valence-electron chi connectivity index (χ0n) is 19.3. The minimum atomic E-state index is -1.08. The van der Waals surface area contributed by atoms with Crippen molar-refractivity contribution in [1.82, 2.24) is 15.2 Å². The molecule has 170 valence electrons. The molecule has 2 fully saturated rings. The van der Waals surface area contributed by atoms with E-state index in [4.69, 9.17) is 4.74 Å². The van der Waals surface area contributed by atoms with Crippen molar-refractivity contribution in [3.8, 4) is 11.1 Å². The van der Waals surface area contributed by atoms with Crippen molar-refractivity contribution in [1.29, 1.82) is 0 Å². The molecular formula is C26H33N3O3. The summed E-state index contributed by atoms with van der Waals surface area (Å²) in [5.74, 6) is -0.0338. The van der Waals surface area contributed by atoms with Gasteiger partial charge < -0.3 is 15.0 Å². The standard InChI is InChI=1S/C26H33N3O3/c1-25(2,3)16-23(30)29-12-13-32-26(18-29,24(31)28-22-9-10-22)15-19-6-4-7-20(14-19)21-8-5-11-27-17-21/h4-8,11,14,17,22H,9-10,12-13,15-16,18H2,1-3H3,(H,28,31)/t26-/m0/s1. The van der Waals surface area contributed by atoms with Crippen molar-refractivity contribution in [2.45, 2.75) is 58.1 Å². The number of ether oxygens (including phenoxy) is 1. The molecule has 1 aromatic carbocycles. The minimum absolute atomic E-state index is 0.0773. The van der Waals surface area contributed by atoms with Crippen LogP contribution in [-0.2, 0) is 20.7 Å². The number of nitrogens with zero attached hydrogens (tertiary/aromatic N) is 2. The number of hydrogen-bond donors (Lipinski definition) is 1. The zero-order valence-corrected chi connectivity index (χ0v) is 19.3. The molecule has 2 heterocycles. The molecule has 1 N–H and O–H groups in total. The first kappa shape index (κ1) is 22.5. The van der Waals surface area contributed by atoms with E-state index in [1.54, 1.807) is 6.20 Å². The molecule has 32 heavy (non-hydrogen) atoms. The molecule has 0 spiro atoms. The zero-order chi connectivity index (χ0) is 22.8. The fraction of sp³-hybridized carbons (Fsp3) is 0.500. The van der Waals surface area contributed by atoms with Crippen LogP contribution in [0, 0.1) is 5.41 Å². The first-order valence-electron chi connectivity index (χ1n) is 11.5. The maximum absolute atomic E-state index is 13.4. The van der Waals surface area contributed by atoms with E-state index in [2.05, 4.69) is 37.1 Å². The van der Waals surface area contributed by atoms with Gasteiger partial charge >= 0.3 is 0 Å². The van der Waals surface area contributed by atoms with E-state index >= 15 is 0 Å². The molecule has 1 saturated carbocycles. The number of carbonyl (C=O) groups is 2. The van der Waals surface area contributed by atoms with Crippen LogP contribution in [0.25, 0.3) is 11.1 Å². The first-order valence-corrected chi connectivity index (χ1v) is 11.5. The predicted octanol–water partition coefficient (Wildman–Crippen LogP) is 3.60. The highest BCUT2D eigenvalue weighted by Gasteiger charge is 2.46. The maximum atomic E-state index is 13.4. The average Bonchev–Trinajstić information content (AvgIpc) is 3.57. The number of hydrogen-bond acceptors (Lipinski definition) is 4. The normalized spacial score (nSPS) is 21.3. The third-order valence-electron chi connectivity index (χ3n) is 5.96. The monoisotopic (exact) mass is 435 g/mol. The van der Waals surface area contributed by atoms with E-state index in [9.17, 15) is 9.59 Å². The summed E-state index contributed by atoms with van der Waals surface area (Å²) in [5, 5.41) is 3.13. The Labute approximate surface area is 190 Å². The third kappa shape index (κ3) is 5.54. The molecule has 2 aromatic rings. The fourth-order valence-corrected chi connectivity index (χ4v) is 4.16. The van der Waals surface area contributed by atoms with Crippen LogP contribution in [0.15, 0.2) is 48.8 Å². The second-order valence-electron chi connectivity index (χ2n) is 10.3. The molecule has 4 rings (SSSR count). The van der Waals surface area contributed by atoms with Crippen LogP contribution in [0.2, 0.25) is 0 Å². The summed E-state index contributed by atoms with van der Waals surface area (Å²) in [4.78, 5) is 32.4. The Kier molecular flexibility index (Phi) is 6.33. The largest absolute Gasteiger partial charge is 0.361 e. The van der Waals surface area contributed by atoms with Crippen LogP contribution < -0.4 is 5.32 Å². The summed E-state index contributed by atoms with van der Waals surface area (Å²) in [6.45, 7) is 7.32. The van der Waals surface area contributed by atoms with Crippen LogP contribution in [0.5, 0.6) is 0 Å². The Morgan fingerprint density at radius 3 is 2.66 bits per heavy atom. The van der Waals surface area contributed by atoms with Gasteiger partial charge in [0.05, 0.1) is 13.2 Å². The van der Waals surface area contributed by atoms with Gasteiger partial charge in [0.15, 0.2) is 5.60 Å². The first-order chi connectivity index (χ1) is 15.2. The van der Waals surface area contributed by atoms with Gasteiger partial charge in [-0.1, -0.05) is 51.1 Å². The molecule has 2 amide bonds. The lowest BCUT2D eigenvalue weighted by atomic mass is 9.88. The predicted molar refractivity (Wildman–Crippen MR) is 124 cm³/mol. The topological polar surface area (TPSA) is 71.5 Å². The number of pyridine rings is 1. The summed E-state index contributed by atoms with van der Waals surface area (Å²) < 4.78 is 6.20. The highest BCUT2D eigenvalue weighted by molar-refractivity contribution is 5.88. The molecule has 1 aliphatic heterocycles. The molecule has 0 unspecified atom stereocenters. The van der Waals surface area contributed by atoms with E-state index in [0.29, 0.717) is 26.0 Å². The quantitative estimate of drug-likeness (QED) is 0.753. The molecule has 1 aromatic heterocycles. The molecule has 6 nitrogen and oxygen atoms in total. The second-order valence-corrected chi connectivity index (χ2v) is 10.3. The Morgan fingerprint density at radius 1 is 1.19 bits per heavy atom. The van der Waals surface area contributed by atoms with E-state index in [0.717, 1.165) is 29.5 Å². The van der Waals surface area contributed by atoms with Crippen LogP contribution in [0.1, 0.15) is 45.6 Å². The van der Waals surface area contributed by atoms with Gasteiger partial charge in [0.2, 0.25) is 5.91 Å². The summed E-state index contributed by atoms with van der Waals surface area (Å²) >= 11 is 0. The highest BCUT2D eigenvalue weighted by Crippen LogP contribution is 2.30. The maximum Gasteiger partial charge on any atom is 0.254 e. The Bertz CT molecular complexity index is 966. The second kappa shape index (κ2) is 9.02. The highest BCUT2D eigenvalue weighted by atomic mass is 16.5. The molecule has 1 saturated heterocycles. The van der Waals surface area contributed by atoms with E-state index in [1.165, 1.54) is 0 Å². The molecule has 1 aliphatic carbocycles. The van der Waals surface area contributed by atoms with Gasteiger partial charge in [-0.25, -0.2) is 0 Å². The Balaban J connectivity index is 1.59. The lowest BCUT2D eigenvalue weighted by Crippen LogP contribution is -2.62. The molecule has 0 bridgehead atoms. The Morgan fingerprint density at radius 2 is 1.97 bits per heavy atom. The number of morpholine rings is 1. The lowest BCUT2D eigenvalue weighted by Gasteiger charge is -2.42. The summed E-state index contributed by atoms with van der Waals surface area (Å²) in [6.07, 6.45) is 6.46. The van der Waals surface area contributed by atoms with Crippen molar-refractivity contribution >= 4 is 11.8 Å². The van der Waals surface area contributed by atoms with Crippen LogP contribution in [-0.4, -0.2) is 53.0 Å².